The van der Waals surface area contributed by atoms with Crippen molar-refractivity contribution in [3.63, 3.8) is 0 Å². The summed E-state index contributed by atoms with van der Waals surface area (Å²) in [5.41, 5.74) is 0.296. The summed E-state index contributed by atoms with van der Waals surface area (Å²) >= 11 is 0. The van der Waals surface area contributed by atoms with Gasteiger partial charge in [-0.1, -0.05) is 0 Å². The molecule has 1 aromatic rings. The number of ether oxygens (including phenoxy) is 1. The third-order valence-electron chi connectivity index (χ3n) is 2.85. The van der Waals surface area contributed by atoms with E-state index < -0.39 is 17.7 Å². The third kappa shape index (κ3) is 5.09. The minimum atomic E-state index is -1.19. The Bertz CT molecular complexity index is 529. The maximum atomic E-state index is 11.5. The summed E-state index contributed by atoms with van der Waals surface area (Å²) < 4.78 is 8.44. The fourth-order valence-electron chi connectivity index (χ4n) is 2.01. The van der Waals surface area contributed by atoms with Gasteiger partial charge in [-0.25, -0.2) is 4.79 Å². The van der Waals surface area contributed by atoms with Crippen LogP contribution in [-0.2, 0) is 18.3 Å². The van der Waals surface area contributed by atoms with Crippen molar-refractivity contribution < 1.29 is 24.1 Å². The van der Waals surface area contributed by atoms with Crippen molar-refractivity contribution in [1.82, 2.24) is 10.00 Å². The zero-order valence-electron chi connectivity index (χ0n) is 13.2. The molecule has 7 heteroatoms. The number of carbonyl (C=O) groups excluding carboxylic acids is 2. The maximum Gasteiger partial charge on any atom is 0.407 e. The molecule has 21 heavy (non-hydrogen) atoms. The molecule has 0 unspecified atom stereocenters. The number of rotatable bonds is 5. The number of nitrogens with zero attached hydrogens (tertiary/aromatic N) is 2. The largest absolute Gasteiger partial charge is 0.539 e. The Labute approximate surface area is 124 Å². The van der Waals surface area contributed by atoms with Crippen LogP contribution >= 0.6 is 0 Å². The molecule has 0 aliphatic carbocycles. The Kier molecular flexibility index (Phi) is 5.34. The number of hydrogen-bond acceptors (Lipinski definition) is 4. The Morgan fingerprint density at radius 3 is 2.52 bits per heavy atom. The van der Waals surface area contributed by atoms with Crippen LogP contribution in [0.25, 0.3) is 0 Å². The molecule has 0 atom stereocenters. The van der Waals surface area contributed by atoms with Gasteiger partial charge in [0.1, 0.15) is 11.6 Å². The molecule has 118 valence electrons. The second-order valence-electron chi connectivity index (χ2n) is 5.92. The van der Waals surface area contributed by atoms with Gasteiger partial charge >= 0.3 is 6.09 Å². The maximum absolute atomic E-state index is 11.5. The van der Waals surface area contributed by atoms with E-state index in [9.17, 15) is 14.7 Å². The number of aromatic carboxylic acids is 1. The Morgan fingerprint density at radius 1 is 1.43 bits per heavy atom. The molecule has 0 aliphatic rings. The topological polar surface area (TPSA) is 87.3 Å². The van der Waals surface area contributed by atoms with Crippen molar-refractivity contribution in [3.8, 4) is 0 Å². The molecular weight excluding hydrogens is 274 g/mol. The van der Waals surface area contributed by atoms with E-state index in [1.165, 1.54) is 4.68 Å². The van der Waals surface area contributed by atoms with Gasteiger partial charge in [-0.3, -0.25) is 0 Å². The highest BCUT2D eigenvalue weighted by Gasteiger charge is 2.19. The average molecular weight is 297 g/mol. The van der Waals surface area contributed by atoms with E-state index >= 15 is 0 Å². The number of carboxylic acids is 1. The lowest BCUT2D eigenvalue weighted by Crippen LogP contribution is -2.47. The third-order valence-corrected chi connectivity index (χ3v) is 2.85. The molecule has 0 spiro atoms. The molecule has 1 N–H and O–H groups in total. The lowest BCUT2D eigenvalue weighted by molar-refractivity contribution is -0.757. The molecule has 1 rings (SSSR count). The molecule has 0 bridgehead atoms. The second kappa shape index (κ2) is 6.60. The van der Waals surface area contributed by atoms with Gasteiger partial charge in [0.25, 0.3) is 5.69 Å². The number of hydrogen-bond donors (Lipinski definition) is 1. The molecule has 7 nitrogen and oxygen atoms in total. The fourth-order valence-corrected chi connectivity index (χ4v) is 2.01. The molecule has 0 radical (unpaired) electrons. The Balaban J connectivity index is 2.46. The smallest absolute Gasteiger partial charge is 0.407 e. The van der Waals surface area contributed by atoms with Crippen LogP contribution in [0.15, 0.2) is 6.20 Å². The van der Waals surface area contributed by atoms with Gasteiger partial charge in [-0.15, -0.1) is 4.68 Å². The number of amides is 1. The average Bonchev–Trinajstić information content (AvgIpc) is 2.57. The first kappa shape index (κ1) is 17.0. The Hall–Kier alpha value is -2.05. The van der Waals surface area contributed by atoms with Crippen molar-refractivity contribution in [2.45, 2.75) is 46.3 Å². The summed E-state index contributed by atoms with van der Waals surface area (Å²) in [6, 6.07) is 0. The fraction of sp³-hybridized carbons (Fsp3) is 0.643. The second-order valence-corrected chi connectivity index (χ2v) is 5.92. The summed E-state index contributed by atoms with van der Waals surface area (Å²) in [5.74, 6) is -1.19. The van der Waals surface area contributed by atoms with E-state index in [1.54, 1.807) is 45.6 Å². The molecule has 1 aromatic heterocycles. The van der Waals surface area contributed by atoms with Crippen LogP contribution in [0.3, 0.4) is 0 Å². The predicted octanol–water partition coefficient (Wildman–Crippen LogP) is -0.101. The van der Waals surface area contributed by atoms with Crippen molar-refractivity contribution in [3.05, 3.63) is 17.5 Å². The first-order chi connectivity index (χ1) is 9.61. The van der Waals surface area contributed by atoms with Crippen molar-refractivity contribution >= 4 is 12.1 Å². The first-order valence-corrected chi connectivity index (χ1v) is 6.86. The van der Waals surface area contributed by atoms with Crippen LogP contribution in [0, 0.1) is 6.92 Å². The first-order valence-electron chi connectivity index (χ1n) is 6.86. The number of nitrogens with one attached hydrogen (secondary N) is 1. The van der Waals surface area contributed by atoms with Gasteiger partial charge in [0, 0.05) is 12.1 Å². The highest BCUT2D eigenvalue weighted by atomic mass is 16.6. The van der Waals surface area contributed by atoms with E-state index in [0.29, 0.717) is 25.1 Å². The SMILES string of the molecule is Cc1cn(CCCNC(=O)OC(C)(C)C)[n+](C)c1C(=O)[O-]. The quantitative estimate of drug-likeness (QED) is 0.607. The highest BCUT2D eigenvalue weighted by molar-refractivity contribution is 5.83. The van der Waals surface area contributed by atoms with Crippen molar-refractivity contribution in [2.24, 2.45) is 7.05 Å². The molecule has 1 amide bonds. The van der Waals surface area contributed by atoms with E-state index in [1.807, 2.05) is 0 Å². The van der Waals surface area contributed by atoms with Crippen LogP contribution in [0.4, 0.5) is 4.79 Å². The predicted molar refractivity (Wildman–Crippen MR) is 73.5 cm³/mol. The van der Waals surface area contributed by atoms with E-state index in [0.717, 1.165) is 0 Å². The number of carboxylic acid groups (broad SMARTS) is 1. The van der Waals surface area contributed by atoms with Crippen LogP contribution < -0.4 is 15.1 Å². The lowest BCUT2D eigenvalue weighted by atomic mass is 10.2. The number of aryl methyl sites for hydroxylation is 2. The summed E-state index contributed by atoms with van der Waals surface area (Å²) in [5, 5.41) is 13.6. The van der Waals surface area contributed by atoms with Gasteiger partial charge < -0.3 is 20.0 Å². The normalized spacial score (nSPS) is 11.3. The summed E-state index contributed by atoms with van der Waals surface area (Å²) in [4.78, 5) is 22.4. The van der Waals surface area contributed by atoms with Gasteiger partial charge in [0.2, 0.25) is 0 Å². The molecule has 1 heterocycles. The lowest BCUT2D eigenvalue weighted by Gasteiger charge is -2.19. The van der Waals surface area contributed by atoms with Crippen LogP contribution in [-0.4, -0.2) is 28.9 Å². The van der Waals surface area contributed by atoms with Gasteiger partial charge in [-0.05, 0) is 34.1 Å². The minimum Gasteiger partial charge on any atom is -0.539 e. The van der Waals surface area contributed by atoms with E-state index in [4.69, 9.17) is 4.74 Å². The number of alkyl carbamates (subject to hydrolysis) is 1. The van der Waals surface area contributed by atoms with E-state index in [2.05, 4.69) is 5.32 Å². The summed E-state index contributed by atoms with van der Waals surface area (Å²) in [6.45, 7) is 8.16. The molecule has 0 aliphatic heterocycles. The molecule has 0 fully saturated rings. The van der Waals surface area contributed by atoms with Gasteiger partial charge in [0.05, 0.1) is 12.7 Å². The molecule has 0 saturated heterocycles. The van der Waals surface area contributed by atoms with Gasteiger partial charge in [0.15, 0.2) is 7.05 Å². The molecular formula is C14H23N3O4. The van der Waals surface area contributed by atoms with Crippen LogP contribution in [0.2, 0.25) is 0 Å². The standard InChI is InChI=1S/C14H23N3O4/c1-10-9-17(16(5)11(10)12(18)19)8-6-7-15-13(20)21-14(2,3)4/h9H,6-8H2,1-5H3,(H-,15,18,19,20). The summed E-state index contributed by atoms with van der Waals surface area (Å²) in [7, 11) is 1.67. The van der Waals surface area contributed by atoms with Crippen LogP contribution in [0.5, 0.6) is 0 Å². The van der Waals surface area contributed by atoms with Gasteiger partial charge in [-0.2, -0.15) is 4.68 Å². The zero-order chi connectivity index (χ0) is 16.2. The molecule has 0 aromatic carbocycles. The zero-order valence-corrected chi connectivity index (χ0v) is 13.2. The summed E-state index contributed by atoms with van der Waals surface area (Å²) in [6.07, 6.45) is 1.96. The van der Waals surface area contributed by atoms with Crippen molar-refractivity contribution in [1.29, 1.82) is 0 Å². The van der Waals surface area contributed by atoms with Crippen molar-refractivity contribution in [2.75, 3.05) is 6.54 Å². The van der Waals surface area contributed by atoms with Crippen LogP contribution in [0.1, 0.15) is 43.2 Å². The van der Waals surface area contributed by atoms with E-state index in [-0.39, 0.29) is 5.69 Å². The Morgan fingerprint density at radius 2 is 2.05 bits per heavy atom. The number of carbonyl (C=O) groups is 2. The molecule has 0 saturated carbocycles. The monoisotopic (exact) mass is 297 g/mol. The highest BCUT2D eigenvalue weighted by Crippen LogP contribution is 2.06. The number of aromatic nitrogens is 2. The minimum absolute atomic E-state index is 0.162.